The Morgan fingerprint density at radius 3 is 2.59 bits per heavy atom. The number of amides is 1. The molecule has 3 heterocycles. The highest BCUT2D eigenvalue weighted by molar-refractivity contribution is 5.59. The number of piperidine rings is 1. The van der Waals surface area contributed by atoms with E-state index in [1.807, 2.05) is 41.6 Å². The molecule has 190 valence electrons. The lowest BCUT2D eigenvalue weighted by Gasteiger charge is -2.41. The van der Waals surface area contributed by atoms with Gasteiger partial charge >= 0.3 is 0 Å². The Kier molecular flexibility index (Phi) is 7.36. The number of nitrogens with one attached hydrogen (secondary N) is 3. The second-order valence-corrected chi connectivity index (χ2v) is 9.20. The van der Waals surface area contributed by atoms with Crippen LogP contribution >= 0.6 is 0 Å². The van der Waals surface area contributed by atoms with Crippen LogP contribution in [0.3, 0.4) is 0 Å². The minimum Gasteiger partial charge on any atom is -0.340 e. The van der Waals surface area contributed by atoms with Gasteiger partial charge in [0, 0.05) is 48.5 Å². The molecule has 0 radical (unpaired) electrons. The van der Waals surface area contributed by atoms with Crippen LogP contribution in [0.5, 0.6) is 0 Å². The van der Waals surface area contributed by atoms with Crippen molar-refractivity contribution < 1.29 is 9.18 Å². The van der Waals surface area contributed by atoms with Gasteiger partial charge in [0.05, 0.1) is 12.2 Å². The van der Waals surface area contributed by atoms with Crippen LogP contribution in [0, 0.1) is 5.82 Å². The summed E-state index contributed by atoms with van der Waals surface area (Å²) >= 11 is 0. The molecule has 2 aromatic heterocycles. The van der Waals surface area contributed by atoms with Crippen molar-refractivity contribution in [1.29, 1.82) is 0 Å². The lowest BCUT2D eigenvalue weighted by atomic mass is 9.91. The number of carbonyl (C=O) groups excluding carboxylic acids is 1. The zero-order chi connectivity index (χ0) is 25.6. The standard InChI is InChI=1S/C27H29FN8O/c1-35(17-19-15-30-31-16-19)24-11-13-36(18-37)25(14-24)20-2-6-23(7-3-20)33-27-29-12-10-26(34-27)32-22-8-4-21(28)5-9-22/h2-10,12,15-16,18,24-25H,11,13-14,17H2,1H3,(H,30,31)(H2,29,32,33,34). The number of benzene rings is 2. The van der Waals surface area contributed by atoms with E-state index in [-0.39, 0.29) is 11.9 Å². The van der Waals surface area contributed by atoms with Crippen LogP contribution in [0.15, 0.2) is 73.2 Å². The number of rotatable bonds is 9. The first-order chi connectivity index (χ1) is 18.1. The van der Waals surface area contributed by atoms with Crippen molar-refractivity contribution in [2.24, 2.45) is 0 Å². The summed E-state index contributed by atoms with van der Waals surface area (Å²) in [4.78, 5) is 24.8. The van der Waals surface area contributed by atoms with Crippen LogP contribution in [0.25, 0.3) is 0 Å². The van der Waals surface area contributed by atoms with Gasteiger partial charge in [-0.1, -0.05) is 12.1 Å². The van der Waals surface area contributed by atoms with Crippen molar-refractivity contribution in [2.75, 3.05) is 24.2 Å². The molecule has 1 saturated heterocycles. The number of anilines is 4. The van der Waals surface area contributed by atoms with Crippen molar-refractivity contribution in [1.82, 2.24) is 30.0 Å². The molecule has 4 aromatic rings. The van der Waals surface area contributed by atoms with E-state index >= 15 is 0 Å². The molecule has 0 spiro atoms. The lowest BCUT2D eigenvalue weighted by Crippen LogP contribution is -2.44. The fourth-order valence-electron chi connectivity index (χ4n) is 4.69. The molecule has 1 aliphatic heterocycles. The number of likely N-dealkylation sites (tertiary alicyclic amines) is 1. The summed E-state index contributed by atoms with van der Waals surface area (Å²) in [6.07, 6.45) is 8.16. The van der Waals surface area contributed by atoms with Crippen LogP contribution in [0.2, 0.25) is 0 Å². The predicted octanol–water partition coefficient (Wildman–Crippen LogP) is 4.62. The molecule has 2 unspecified atom stereocenters. The Labute approximate surface area is 214 Å². The Morgan fingerprint density at radius 1 is 1.11 bits per heavy atom. The summed E-state index contributed by atoms with van der Waals surface area (Å²) in [6, 6.07) is 16.2. The second kappa shape index (κ2) is 11.2. The van der Waals surface area contributed by atoms with Crippen molar-refractivity contribution >= 4 is 29.6 Å². The zero-order valence-corrected chi connectivity index (χ0v) is 20.5. The summed E-state index contributed by atoms with van der Waals surface area (Å²) in [5, 5.41) is 13.3. The van der Waals surface area contributed by atoms with Gasteiger partial charge in [0.15, 0.2) is 0 Å². The van der Waals surface area contributed by atoms with Gasteiger partial charge in [-0.15, -0.1) is 0 Å². The van der Waals surface area contributed by atoms with E-state index < -0.39 is 0 Å². The highest BCUT2D eigenvalue weighted by Crippen LogP contribution is 2.33. The van der Waals surface area contributed by atoms with E-state index in [2.05, 4.69) is 42.7 Å². The molecule has 2 aromatic carbocycles. The van der Waals surface area contributed by atoms with Gasteiger partial charge in [0.25, 0.3) is 0 Å². The average molecular weight is 501 g/mol. The number of nitrogens with zero attached hydrogens (tertiary/aromatic N) is 5. The highest BCUT2D eigenvalue weighted by atomic mass is 19.1. The first-order valence-electron chi connectivity index (χ1n) is 12.2. The molecule has 1 aliphatic rings. The molecule has 1 fully saturated rings. The van der Waals surface area contributed by atoms with E-state index in [4.69, 9.17) is 0 Å². The van der Waals surface area contributed by atoms with Crippen molar-refractivity contribution in [3.8, 4) is 0 Å². The molecule has 3 N–H and O–H groups in total. The summed E-state index contributed by atoms with van der Waals surface area (Å²) in [6.45, 7) is 1.53. The predicted molar refractivity (Wildman–Crippen MR) is 140 cm³/mol. The van der Waals surface area contributed by atoms with Gasteiger partial charge < -0.3 is 15.5 Å². The van der Waals surface area contributed by atoms with Crippen LogP contribution in [-0.4, -0.2) is 56.0 Å². The third kappa shape index (κ3) is 6.10. The number of H-pyrrole nitrogens is 1. The molecular formula is C27H29FN8O. The third-order valence-electron chi connectivity index (χ3n) is 6.69. The van der Waals surface area contributed by atoms with Gasteiger partial charge in [-0.05, 0) is 67.9 Å². The maximum atomic E-state index is 13.2. The Balaban J connectivity index is 1.24. The number of hydrogen-bond donors (Lipinski definition) is 3. The summed E-state index contributed by atoms with van der Waals surface area (Å²) in [7, 11) is 2.12. The van der Waals surface area contributed by atoms with Gasteiger partial charge in [0.1, 0.15) is 11.6 Å². The van der Waals surface area contributed by atoms with Crippen molar-refractivity contribution in [2.45, 2.75) is 31.5 Å². The number of halogens is 1. The molecule has 0 aliphatic carbocycles. The third-order valence-corrected chi connectivity index (χ3v) is 6.69. The Hall–Kier alpha value is -4.31. The van der Waals surface area contributed by atoms with E-state index in [9.17, 15) is 9.18 Å². The maximum absolute atomic E-state index is 13.2. The molecule has 0 bridgehead atoms. The van der Waals surface area contributed by atoms with Crippen LogP contribution in [-0.2, 0) is 11.3 Å². The first-order valence-corrected chi connectivity index (χ1v) is 12.2. The minimum atomic E-state index is -0.291. The molecule has 9 nitrogen and oxygen atoms in total. The molecule has 5 rings (SSSR count). The highest BCUT2D eigenvalue weighted by Gasteiger charge is 2.31. The smallest absolute Gasteiger partial charge is 0.229 e. The molecule has 10 heteroatoms. The topological polar surface area (TPSA) is 102 Å². The number of aromatic nitrogens is 4. The average Bonchev–Trinajstić information content (AvgIpc) is 3.43. The first kappa shape index (κ1) is 24.4. The Morgan fingerprint density at radius 2 is 1.86 bits per heavy atom. The van der Waals surface area contributed by atoms with Gasteiger partial charge in [-0.3, -0.25) is 14.8 Å². The zero-order valence-electron chi connectivity index (χ0n) is 20.5. The Bertz CT molecular complexity index is 1300. The molecular weight excluding hydrogens is 471 g/mol. The van der Waals surface area contributed by atoms with E-state index in [0.29, 0.717) is 17.8 Å². The van der Waals surface area contributed by atoms with E-state index in [1.165, 1.54) is 12.1 Å². The van der Waals surface area contributed by atoms with Gasteiger partial charge in [-0.25, -0.2) is 9.37 Å². The number of carbonyl (C=O) groups is 1. The number of aromatic amines is 1. The second-order valence-electron chi connectivity index (χ2n) is 9.20. The fraction of sp³-hybridized carbons (Fsp3) is 0.259. The monoisotopic (exact) mass is 500 g/mol. The van der Waals surface area contributed by atoms with Crippen LogP contribution < -0.4 is 10.6 Å². The summed E-state index contributed by atoms with van der Waals surface area (Å²) in [5.74, 6) is 0.739. The fourth-order valence-corrected chi connectivity index (χ4v) is 4.69. The SMILES string of the molecule is CN(Cc1cn[nH]c1)C1CCN(C=O)C(c2ccc(Nc3nccc(Nc4ccc(F)cc4)n3)cc2)C1. The molecule has 1 amide bonds. The lowest BCUT2D eigenvalue weighted by molar-refractivity contribution is -0.122. The van der Waals surface area contributed by atoms with Gasteiger partial charge in [-0.2, -0.15) is 10.1 Å². The normalized spacial score (nSPS) is 17.5. The molecule has 37 heavy (non-hydrogen) atoms. The van der Waals surface area contributed by atoms with Crippen LogP contribution in [0.1, 0.15) is 30.0 Å². The summed E-state index contributed by atoms with van der Waals surface area (Å²) in [5.41, 5.74) is 3.80. The minimum absolute atomic E-state index is 0.0107. The van der Waals surface area contributed by atoms with Crippen LogP contribution in [0.4, 0.5) is 27.5 Å². The number of hydrogen-bond acceptors (Lipinski definition) is 7. The van der Waals surface area contributed by atoms with Crippen molar-refractivity contribution in [3.05, 3.63) is 90.1 Å². The van der Waals surface area contributed by atoms with E-state index in [0.717, 1.165) is 54.8 Å². The molecule has 2 atom stereocenters. The van der Waals surface area contributed by atoms with Crippen molar-refractivity contribution in [3.63, 3.8) is 0 Å². The molecule has 0 saturated carbocycles. The summed E-state index contributed by atoms with van der Waals surface area (Å²) < 4.78 is 13.2. The largest absolute Gasteiger partial charge is 0.340 e. The maximum Gasteiger partial charge on any atom is 0.229 e. The quantitative estimate of drug-likeness (QED) is 0.288. The van der Waals surface area contributed by atoms with Gasteiger partial charge in [0.2, 0.25) is 12.4 Å². The van der Waals surface area contributed by atoms with E-state index in [1.54, 1.807) is 24.4 Å².